The van der Waals surface area contributed by atoms with Crippen LogP contribution in [-0.2, 0) is 19.1 Å². The van der Waals surface area contributed by atoms with Gasteiger partial charge in [-0.3, -0.25) is 14.6 Å². The standard InChI is InChI=1S/C32H47NO4/c1-18(2)20-9-14-28(4)21-10-16-31-13-7-8-23(31)32(28,25(20)33-26(21)31)17-11-22-29(5)15-12-24(36-19(3)34)30(22,6)27(35)37-29/h18,20-24,26H,7-17H2,1-6H3/t20-,21-,22+,23-,24+,26-,28+,29-,30-,31-,32+/m1/s1. The summed E-state index contributed by atoms with van der Waals surface area (Å²) in [7, 11) is 0. The fourth-order valence-corrected chi connectivity index (χ4v) is 12.5. The van der Waals surface area contributed by atoms with Crippen LogP contribution in [0.25, 0.3) is 0 Å². The summed E-state index contributed by atoms with van der Waals surface area (Å²) in [6, 6.07) is 0.558. The molecule has 3 heterocycles. The maximum atomic E-state index is 13.5. The zero-order chi connectivity index (χ0) is 26.2. The smallest absolute Gasteiger partial charge is 0.316 e. The summed E-state index contributed by atoms with van der Waals surface area (Å²) in [4.78, 5) is 31.3. The second-order valence-corrected chi connectivity index (χ2v) is 15.3. The number of aliphatic imine (C=N–C) groups is 1. The van der Waals surface area contributed by atoms with Crippen molar-refractivity contribution in [3.8, 4) is 0 Å². The Labute approximate surface area is 222 Å². The molecule has 1 spiro atoms. The van der Waals surface area contributed by atoms with Crippen molar-refractivity contribution in [1.29, 1.82) is 0 Å². The van der Waals surface area contributed by atoms with Gasteiger partial charge in [-0.15, -0.1) is 0 Å². The minimum absolute atomic E-state index is 0.0667. The Morgan fingerprint density at radius 2 is 1.86 bits per heavy atom. The highest BCUT2D eigenvalue weighted by atomic mass is 16.6. The van der Waals surface area contributed by atoms with E-state index >= 15 is 0 Å². The van der Waals surface area contributed by atoms with Gasteiger partial charge in [-0.1, -0.05) is 27.2 Å². The van der Waals surface area contributed by atoms with Gasteiger partial charge in [-0.25, -0.2) is 0 Å². The summed E-state index contributed by atoms with van der Waals surface area (Å²) in [5.74, 6) is 2.29. The van der Waals surface area contributed by atoms with Crippen LogP contribution in [0.4, 0.5) is 0 Å². The number of carbonyl (C=O) groups excluding carboxylic acids is 2. The number of esters is 2. The van der Waals surface area contributed by atoms with E-state index in [0.29, 0.717) is 35.1 Å². The molecule has 6 fully saturated rings. The fraction of sp³-hybridized carbons (Fsp3) is 0.906. The van der Waals surface area contributed by atoms with E-state index < -0.39 is 11.0 Å². The van der Waals surface area contributed by atoms with Crippen LogP contribution in [0.15, 0.2) is 4.99 Å². The number of carbonyl (C=O) groups is 2. The number of rotatable bonds is 5. The first-order valence-corrected chi connectivity index (χ1v) is 15.4. The molecule has 3 aliphatic heterocycles. The summed E-state index contributed by atoms with van der Waals surface area (Å²) in [5, 5.41) is 0. The Balaban J connectivity index is 1.32. The van der Waals surface area contributed by atoms with Crippen molar-refractivity contribution < 1.29 is 19.1 Å². The highest BCUT2D eigenvalue weighted by Gasteiger charge is 2.79. The molecule has 1 saturated heterocycles. The first-order chi connectivity index (χ1) is 17.4. The van der Waals surface area contributed by atoms with Gasteiger partial charge < -0.3 is 9.47 Å². The van der Waals surface area contributed by atoms with Crippen LogP contribution in [0.3, 0.4) is 0 Å². The molecule has 0 radical (unpaired) electrons. The molecule has 11 atom stereocenters. The molecule has 37 heavy (non-hydrogen) atoms. The van der Waals surface area contributed by atoms with E-state index in [1.165, 1.54) is 51.9 Å². The maximum Gasteiger partial charge on any atom is 0.316 e. The Kier molecular flexibility index (Phi) is 4.94. The second kappa shape index (κ2) is 7.42. The lowest BCUT2D eigenvalue weighted by Gasteiger charge is -2.71. The highest BCUT2D eigenvalue weighted by Crippen LogP contribution is 2.81. The highest BCUT2D eigenvalue weighted by molar-refractivity contribution is 5.96. The average Bonchev–Trinajstić information content (AvgIpc) is 3.44. The van der Waals surface area contributed by atoms with Gasteiger partial charge in [0.2, 0.25) is 0 Å². The van der Waals surface area contributed by atoms with Gasteiger partial charge >= 0.3 is 11.9 Å². The monoisotopic (exact) mass is 509 g/mol. The first-order valence-electron chi connectivity index (χ1n) is 15.4. The number of ether oxygens (including phenoxy) is 2. The number of hydrogen-bond acceptors (Lipinski definition) is 5. The largest absolute Gasteiger partial charge is 0.461 e. The molecule has 8 aliphatic rings. The zero-order valence-corrected chi connectivity index (χ0v) is 23.9. The van der Waals surface area contributed by atoms with Crippen LogP contribution >= 0.6 is 0 Å². The zero-order valence-electron chi connectivity index (χ0n) is 23.9. The minimum Gasteiger partial charge on any atom is -0.461 e. The quantitative estimate of drug-likeness (QED) is 0.396. The lowest BCUT2D eigenvalue weighted by Crippen LogP contribution is -2.71. The molecule has 0 aromatic carbocycles. The SMILES string of the molecule is CC(=O)O[C@H]1CC[C@@]2(C)OC(=O)[C@]1(C)[C@H]2CC[C@@]12C3=N[C@@H]4[C@@H](CC[C@@]45CCC[C@H]51)[C@]2(C)CC[C@@H]3C(C)C. The fourth-order valence-electron chi connectivity index (χ4n) is 12.5. The number of nitrogens with zero attached hydrogens (tertiary/aromatic N) is 1. The van der Waals surface area contributed by atoms with Crippen molar-refractivity contribution >= 4 is 17.7 Å². The molecule has 0 unspecified atom stereocenters. The molecule has 0 aromatic heterocycles. The van der Waals surface area contributed by atoms with Gasteiger partial charge in [0, 0.05) is 24.0 Å². The molecule has 0 N–H and O–H groups in total. The van der Waals surface area contributed by atoms with Crippen LogP contribution in [0, 0.1) is 51.2 Å². The van der Waals surface area contributed by atoms with Gasteiger partial charge in [0.25, 0.3) is 0 Å². The summed E-state index contributed by atoms with van der Waals surface area (Å²) < 4.78 is 12.0. The van der Waals surface area contributed by atoms with E-state index in [9.17, 15) is 9.59 Å². The lowest BCUT2D eigenvalue weighted by molar-refractivity contribution is -0.165. The van der Waals surface area contributed by atoms with Gasteiger partial charge in [0.15, 0.2) is 0 Å². The van der Waals surface area contributed by atoms with Crippen molar-refractivity contribution in [3.05, 3.63) is 0 Å². The van der Waals surface area contributed by atoms with Gasteiger partial charge in [0.05, 0.1) is 6.04 Å². The first kappa shape index (κ1) is 24.6. The third-order valence-electron chi connectivity index (χ3n) is 14.0. The summed E-state index contributed by atoms with van der Waals surface area (Å²) in [6.07, 6.45) is 12.6. The van der Waals surface area contributed by atoms with Crippen molar-refractivity contribution in [3.63, 3.8) is 0 Å². The molecule has 5 heteroatoms. The molecule has 204 valence electrons. The Bertz CT molecular complexity index is 1080. The van der Waals surface area contributed by atoms with Crippen LogP contribution < -0.4 is 0 Å². The maximum absolute atomic E-state index is 13.5. The van der Waals surface area contributed by atoms with Crippen molar-refractivity contribution in [2.45, 2.75) is 130 Å². The Morgan fingerprint density at radius 1 is 1.08 bits per heavy atom. The molecule has 5 saturated carbocycles. The third kappa shape index (κ3) is 2.66. The van der Waals surface area contributed by atoms with Crippen molar-refractivity contribution in [2.24, 2.45) is 56.2 Å². The van der Waals surface area contributed by atoms with E-state index in [0.717, 1.165) is 31.1 Å². The summed E-state index contributed by atoms with van der Waals surface area (Å²) in [5.41, 5.74) is 1.25. The topological polar surface area (TPSA) is 65.0 Å². The van der Waals surface area contributed by atoms with Crippen LogP contribution in [0.1, 0.15) is 112 Å². The minimum atomic E-state index is -0.761. The molecular formula is C32H47NO4. The molecule has 5 aliphatic carbocycles. The average molecular weight is 510 g/mol. The van der Waals surface area contributed by atoms with E-state index in [1.807, 2.05) is 6.92 Å². The number of fused-ring (bicyclic) bond motifs is 2. The van der Waals surface area contributed by atoms with Crippen molar-refractivity contribution in [1.82, 2.24) is 0 Å². The predicted octanol–water partition coefficient (Wildman–Crippen LogP) is 6.52. The van der Waals surface area contributed by atoms with E-state index in [2.05, 4.69) is 27.7 Å². The lowest BCUT2D eigenvalue weighted by atomic mass is 9.35. The van der Waals surface area contributed by atoms with Crippen molar-refractivity contribution in [2.75, 3.05) is 0 Å². The molecule has 8 rings (SSSR count). The Hall–Kier alpha value is -1.39. The summed E-state index contributed by atoms with van der Waals surface area (Å²) in [6.45, 7) is 13.1. The van der Waals surface area contributed by atoms with Gasteiger partial charge in [-0.2, -0.15) is 0 Å². The Morgan fingerprint density at radius 3 is 2.59 bits per heavy atom. The summed E-state index contributed by atoms with van der Waals surface area (Å²) >= 11 is 0. The molecular weight excluding hydrogens is 462 g/mol. The van der Waals surface area contributed by atoms with Gasteiger partial charge in [-0.05, 0) is 113 Å². The normalized spacial score (nSPS) is 54.8. The van der Waals surface area contributed by atoms with Gasteiger partial charge in [0.1, 0.15) is 17.1 Å². The third-order valence-corrected chi connectivity index (χ3v) is 14.0. The van der Waals surface area contributed by atoms with E-state index in [1.54, 1.807) is 5.71 Å². The molecule has 8 bridgehead atoms. The van der Waals surface area contributed by atoms with E-state index in [-0.39, 0.29) is 29.4 Å². The number of hydrogen-bond donors (Lipinski definition) is 0. The second-order valence-electron chi connectivity index (χ2n) is 15.3. The van der Waals surface area contributed by atoms with Crippen LogP contribution in [0.5, 0.6) is 0 Å². The van der Waals surface area contributed by atoms with E-state index in [4.69, 9.17) is 14.5 Å². The van der Waals surface area contributed by atoms with Crippen LogP contribution in [0.2, 0.25) is 0 Å². The van der Waals surface area contributed by atoms with Crippen LogP contribution in [-0.4, -0.2) is 35.4 Å². The molecule has 0 aromatic rings. The molecule has 0 amide bonds. The molecule has 5 nitrogen and oxygen atoms in total. The predicted molar refractivity (Wildman–Crippen MR) is 142 cm³/mol.